The van der Waals surface area contributed by atoms with Crippen LogP contribution in [-0.2, 0) is 6.18 Å². The molecule has 0 saturated heterocycles. The maximum Gasteiger partial charge on any atom is 0.416 e. The van der Waals surface area contributed by atoms with Gasteiger partial charge in [0.1, 0.15) is 0 Å². The van der Waals surface area contributed by atoms with Gasteiger partial charge in [-0.3, -0.25) is 15.2 Å². The van der Waals surface area contributed by atoms with E-state index in [0.717, 1.165) is 30.3 Å². The van der Waals surface area contributed by atoms with E-state index in [1.54, 1.807) is 20.8 Å². The maximum atomic E-state index is 13.4. The van der Waals surface area contributed by atoms with Crippen LogP contribution >= 0.6 is 0 Å². The quantitative estimate of drug-likeness (QED) is 0.303. The van der Waals surface area contributed by atoms with Gasteiger partial charge in [0, 0.05) is 10.9 Å². The number of carbonyl (C=O) groups is 1. The number of hydrogen-bond acceptors (Lipinski definition) is 3. The zero-order chi connectivity index (χ0) is 23.0. The van der Waals surface area contributed by atoms with Crippen molar-refractivity contribution < 1.29 is 26.7 Å². The summed E-state index contributed by atoms with van der Waals surface area (Å²) in [4.78, 5) is 16.8. The molecule has 0 spiro atoms. The number of nitrogens with zero attached hydrogens (tertiary/aromatic N) is 2. The van der Waals surface area contributed by atoms with Crippen molar-refractivity contribution in [2.75, 3.05) is 5.32 Å². The molecular weight excluding hydrogens is 421 g/mol. The number of fused-ring (bicyclic) bond motifs is 1. The van der Waals surface area contributed by atoms with E-state index in [-0.39, 0.29) is 22.9 Å². The molecule has 0 bridgehead atoms. The van der Waals surface area contributed by atoms with Crippen molar-refractivity contribution in [3.05, 3.63) is 59.2 Å². The normalized spacial score (nSPS) is 12.8. The third kappa shape index (κ3) is 5.36. The Morgan fingerprint density at radius 1 is 1.03 bits per heavy atom. The zero-order valence-corrected chi connectivity index (χ0v) is 16.7. The fourth-order valence-electron chi connectivity index (χ4n) is 2.64. The lowest BCUT2D eigenvalue weighted by atomic mass is 10.1. The SMILES string of the molecule is CC(C)(C)N=C(NC(=O)c1ccc(F)c(F)c1)Nc1n[nH]c2cc(C(F)(F)F)ccc12. The summed E-state index contributed by atoms with van der Waals surface area (Å²) in [7, 11) is 0. The van der Waals surface area contributed by atoms with E-state index in [1.165, 1.54) is 6.07 Å². The first-order chi connectivity index (χ1) is 14.3. The van der Waals surface area contributed by atoms with Crippen LogP contribution in [0.15, 0.2) is 41.4 Å². The highest BCUT2D eigenvalue weighted by atomic mass is 19.4. The van der Waals surface area contributed by atoms with Crippen molar-refractivity contribution in [2.24, 2.45) is 4.99 Å². The molecule has 1 aromatic heterocycles. The summed E-state index contributed by atoms with van der Waals surface area (Å²) in [5, 5.41) is 12.0. The number of aromatic amines is 1. The standard InChI is InChI=1S/C20H18F5N5O/c1-19(2,3)28-18(27-17(31)10-4-7-13(21)14(22)8-10)26-16-12-6-5-11(20(23,24)25)9-15(12)29-30-16/h4-9H,1-3H3,(H3,26,27,28,29,30,31). The molecule has 0 radical (unpaired) electrons. The van der Waals surface area contributed by atoms with Crippen LogP contribution in [0.25, 0.3) is 10.9 Å². The summed E-state index contributed by atoms with van der Waals surface area (Å²) < 4.78 is 65.3. The second-order valence-electron chi connectivity index (χ2n) is 7.67. The van der Waals surface area contributed by atoms with E-state index in [1.807, 2.05) is 0 Å². The van der Waals surface area contributed by atoms with Crippen molar-refractivity contribution in [1.29, 1.82) is 0 Å². The number of halogens is 5. The lowest BCUT2D eigenvalue weighted by Gasteiger charge is -2.17. The monoisotopic (exact) mass is 439 g/mol. The first-order valence-corrected chi connectivity index (χ1v) is 9.02. The van der Waals surface area contributed by atoms with Crippen LogP contribution < -0.4 is 10.6 Å². The highest BCUT2D eigenvalue weighted by Gasteiger charge is 2.31. The number of hydrogen-bond donors (Lipinski definition) is 3. The van der Waals surface area contributed by atoms with Crippen molar-refractivity contribution in [3.8, 4) is 0 Å². The summed E-state index contributed by atoms with van der Waals surface area (Å²) in [5.74, 6) is -3.00. The van der Waals surface area contributed by atoms with E-state index in [4.69, 9.17) is 0 Å². The summed E-state index contributed by atoms with van der Waals surface area (Å²) >= 11 is 0. The smallest absolute Gasteiger partial charge is 0.309 e. The Hall–Kier alpha value is -3.50. The minimum atomic E-state index is -4.51. The number of benzene rings is 2. The number of rotatable bonds is 2. The van der Waals surface area contributed by atoms with Crippen LogP contribution in [0.3, 0.4) is 0 Å². The van der Waals surface area contributed by atoms with E-state index in [9.17, 15) is 26.7 Å². The van der Waals surface area contributed by atoms with E-state index >= 15 is 0 Å². The van der Waals surface area contributed by atoms with Crippen molar-refractivity contribution in [1.82, 2.24) is 15.5 Å². The number of aromatic nitrogens is 2. The van der Waals surface area contributed by atoms with Crippen LogP contribution in [0.5, 0.6) is 0 Å². The first kappa shape index (κ1) is 22.2. The van der Waals surface area contributed by atoms with E-state index < -0.39 is 34.8 Å². The number of amides is 1. The molecule has 6 nitrogen and oxygen atoms in total. The van der Waals surface area contributed by atoms with Crippen LogP contribution in [0.2, 0.25) is 0 Å². The number of anilines is 1. The van der Waals surface area contributed by atoms with Gasteiger partial charge in [0.05, 0.1) is 16.6 Å². The van der Waals surface area contributed by atoms with Crippen molar-refractivity contribution in [2.45, 2.75) is 32.5 Å². The average molecular weight is 439 g/mol. The predicted molar refractivity (Wildman–Crippen MR) is 106 cm³/mol. The number of nitrogens with one attached hydrogen (secondary N) is 3. The molecule has 3 rings (SSSR count). The number of aliphatic imine (C=N–C) groups is 1. The van der Waals surface area contributed by atoms with Gasteiger partial charge in [-0.15, -0.1) is 0 Å². The Balaban J connectivity index is 1.91. The Labute approximate surface area is 173 Å². The fraction of sp³-hybridized carbons (Fsp3) is 0.250. The minimum absolute atomic E-state index is 0.0736. The van der Waals surface area contributed by atoms with Crippen LogP contribution in [-0.4, -0.2) is 27.6 Å². The van der Waals surface area contributed by atoms with Gasteiger partial charge in [-0.1, -0.05) is 0 Å². The predicted octanol–water partition coefficient (Wildman–Crippen LogP) is 4.86. The van der Waals surface area contributed by atoms with Gasteiger partial charge in [0.2, 0.25) is 5.96 Å². The molecule has 0 aliphatic rings. The van der Waals surface area contributed by atoms with Crippen LogP contribution in [0.1, 0.15) is 36.7 Å². The molecule has 3 N–H and O–H groups in total. The molecule has 0 fully saturated rings. The molecule has 1 amide bonds. The van der Waals surface area contributed by atoms with E-state index in [0.29, 0.717) is 5.39 Å². The third-order valence-electron chi connectivity index (χ3n) is 3.99. The van der Waals surface area contributed by atoms with Crippen molar-refractivity contribution >= 4 is 28.6 Å². The van der Waals surface area contributed by atoms with Gasteiger partial charge in [0.15, 0.2) is 17.5 Å². The van der Waals surface area contributed by atoms with E-state index in [2.05, 4.69) is 25.8 Å². The Morgan fingerprint density at radius 3 is 2.35 bits per heavy atom. The minimum Gasteiger partial charge on any atom is -0.309 e. The van der Waals surface area contributed by atoms with Gasteiger partial charge in [-0.05, 0) is 57.2 Å². The second kappa shape index (κ2) is 7.97. The molecule has 11 heteroatoms. The highest BCUT2D eigenvalue weighted by Crippen LogP contribution is 2.32. The largest absolute Gasteiger partial charge is 0.416 e. The molecule has 31 heavy (non-hydrogen) atoms. The molecule has 3 aromatic rings. The molecule has 2 aromatic carbocycles. The molecule has 0 aliphatic carbocycles. The van der Waals surface area contributed by atoms with Gasteiger partial charge < -0.3 is 5.32 Å². The number of carbonyl (C=O) groups excluding carboxylic acids is 1. The molecule has 1 heterocycles. The Kier molecular flexibility index (Phi) is 5.70. The Morgan fingerprint density at radius 2 is 1.74 bits per heavy atom. The number of alkyl halides is 3. The third-order valence-corrected chi connectivity index (χ3v) is 3.99. The summed E-state index contributed by atoms with van der Waals surface area (Å²) in [5.41, 5.74) is -1.53. The summed E-state index contributed by atoms with van der Waals surface area (Å²) in [6.07, 6.45) is -4.51. The van der Waals surface area contributed by atoms with Crippen LogP contribution in [0, 0.1) is 11.6 Å². The highest BCUT2D eigenvalue weighted by molar-refractivity contribution is 6.11. The molecular formula is C20H18F5N5O. The molecule has 0 saturated carbocycles. The van der Waals surface area contributed by atoms with Crippen LogP contribution in [0.4, 0.5) is 27.8 Å². The van der Waals surface area contributed by atoms with Gasteiger partial charge >= 0.3 is 6.18 Å². The number of guanidine groups is 1. The Bertz CT molecular complexity index is 1160. The van der Waals surface area contributed by atoms with Gasteiger partial charge in [-0.2, -0.15) is 18.3 Å². The lowest BCUT2D eigenvalue weighted by molar-refractivity contribution is -0.137. The van der Waals surface area contributed by atoms with Crippen molar-refractivity contribution in [3.63, 3.8) is 0 Å². The molecule has 0 unspecified atom stereocenters. The van der Waals surface area contributed by atoms with Gasteiger partial charge in [0.25, 0.3) is 5.91 Å². The lowest BCUT2D eigenvalue weighted by Crippen LogP contribution is -2.38. The van der Waals surface area contributed by atoms with Gasteiger partial charge in [-0.25, -0.2) is 13.8 Å². The second-order valence-corrected chi connectivity index (χ2v) is 7.67. The molecule has 164 valence electrons. The molecule has 0 atom stereocenters. The zero-order valence-electron chi connectivity index (χ0n) is 16.7. The average Bonchev–Trinajstić information content (AvgIpc) is 3.04. The maximum absolute atomic E-state index is 13.4. The fourth-order valence-corrected chi connectivity index (χ4v) is 2.64. The summed E-state index contributed by atoms with van der Waals surface area (Å²) in [6.45, 7) is 5.24. The topological polar surface area (TPSA) is 82.2 Å². The first-order valence-electron chi connectivity index (χ1n) is 9.02. The summed E-state index contributed by atoms with van der Waals surface area (Å²) in [6, 6.07) is 5.71. The molecule has 0 aliphatic heterocycles. The number of H-pyrrole nitrogens is 1.